The van der Waals surface area contributed by atoms with E-state index in [1.165, 1.54) is 11.3 Å². The zero-order valence-corrected chi connectivity index (χ0v) is 11.5. The Bertz CT molecular complexity index is 547. The number of aryl methyl sites for hydroxylation is 1. The number of hydrogen-bond acceptors (Lipinski definition) is 4. The molecule has 0 fully saturated rings. The van der Waals surface area contributed by atoms with Crippen LogP contribution in [0.2, 0.25) is 0 Å². The van der Waals surface area contributed by atoms with Crippen molar-refractivity contribution in [1.82, 2.24) is 5.16 Å². The maximum atomic E-state index is 11.3. The highest BCUT2D eigenvalue weighted by Gasteiger charge is 2.23. The van der Waals surface area contributed by atoms with Crippen LogP contribution in [-0.4, -0.2) is 16.2 Å². The largest absolute Gasteiger partial charge is 0.477 e. The second-order valence-corrected chi connectivity index (χ2v) is 5.81. The first-order valence-corrected chi connectivity index (χ1v) is 6.77. The molecule has 2 aromatic heterocycles. The third kappa shape index (κ3) is 2.42. The van der Waals surface area contributed by atoms with Gasteiger partial charge >= 0.3 is 5.97 Å². The minimum absolute atomic E-state index is 0.178. The summed E-state index contributed by atoms with van der Waals surface area (Å²) >= 11 is 4.83. The molecule has 0 saturated heterocycles. The first-order valence-electron chi connectivity index (χ1n) is 5.09. The molecule has 0 radical (unpaired) electrons. The number of carboxylic acids is 1. The van der Waals surface area contributed by atoms with Crippen molar-refractivity contribution in [2.45, 2.75) is 19.8 Å². The summed E-state index contributed by atoms with van der Waals surface area (Å²) in [5.74, 6) is -0.552. The Morgan fingerprint density at radius 2 is 2.41 bits per heavy atom. The summed E-state index contributed by atoms with van der Waals surface area (Å²) in [7, 11) is 0. The molecule has 0 amide bonds. The smallest absolute Gasteiger partial charge is 0.341 e. The molecule has 0 atom stereocenters. The molecule has 1 N–H and O–H groups in total. The first-order chi connectivity index (χ1) is 8.13. The number of carboxylic acid groups (broad SMARTS) is 1. The topological polar surface area (TPSA) is 63.3 Å². The molecule has 17 heavy (non-hydrogen) atoms. The minimum Gasteiger partial charge on any atom is -0.477 e. The van der Waals surface area contributed by atoms with E-state index in [1.807, 2.05) is 18.4 Å². The van der Waals surface area contributed by atoms with Crippen molar-refractivity contribution in [3.63, 3.8) is 0 Å². The lowest BCUT2D eigenvalue weighted by molar-refractivity contribution is 0.0695. The van der Waals surface area contributed by atoms with Crippen LogP contribution in [0.1, 0.15) is 29.5 Å². The van der Waals surface area contributed by atoms with Crippen molar-refractivity contribution < 1.29 is 14.4 Å². The highest BCUT2D eigenvalue weighted by atomic mass is 79.9. The maximum Gasteiger partial charge on any atom is 0.341 e. The summed E-state index contributed by atoms with van der Waals surface area (Å²) in [5.41, 5.74) is 1.35. The van der Waals surface area contributed by atoms with Gasteiger partial charge in [0.2, 0.25) is 0 Å². The minimum atomic E-state index is -0.993. The number of carbonyl (C=O) groups is 1. The molecule has 2 heterocycles. The fourth-order valence-corrected chi connectivity index (χ4v) is 2.71. The molecule has 0 aromatic carbocycles. The van der Waals surface area contributed by atoms with Crippen molar-refractivity contribution in [3.05, 3.63) is 26.6 Å². The van der Waals surface area contributed by atoms with Crippen molar-refractivity contribution >= 4 is 33.2 Å². The molecule has 0 aliphatic heterocycles. The van der Waals surface area contributed by atoms with Crippen LogP contribution in [0.15, 0.2) is 19.8 Å². The number of thiophene rings is 1. The van der Waals surface area contributed by atoms with Crippen LogP contribution in [0.3, 0.4) is 0 Å². The van der Waals surface area contributed by atoms with Crippen molar-refractivity contribution in [2.24, 2.45) is 0 Å². The van der Waals surface area contributed by atoms with Crippen LogP contribution in [0, 0.1) is 0 Å². The van der Waals surface area contributed by atoms with Crippen LogP contribution in [0.5, 0.6) is 0 Å². The molecular formula is C11H10BrNO3S. The van der Waals surface area contributed by atoms with E-state index in [4.69, 9.17) is 4.52 Å². The average molecular weight is 316 g/mol. The standard InChI is InChI=1S/C11H10BrNO3S/c1-2-3-7-9(11(14)15)10(13-16-7)6-4-8(12)17-5-6/h4-5H,2-3H2,1H3,(H,14,15). The van der Waals surface area contributed by atoms with Gasteiger partial charge in [-0.05, 0) is 28.4 Å². The van der Waals surface area contributed by atoms with Crippen molar-refractivity contribution in [2.75, 3.05) is 0 Å². The summed E-state index contributed by atoms with van der Waals surface area (Å²) in [6.07, 6.45) is 1.40. The van der Waals surface area contributed by atoms with E-state index in [0.29, 0.717) is 17.9 Å². The predicted octanol–water partition coefficient (Wildman–Crippen LogP) is 3.82. The Morgan fingerprint density at radius 1 is 1.65 bits per heavy atom. The van der Waals surface area contributed by atoms with Gasteiger partial charge in [-0.1, -0.05) is 12.1 Å². The molecule has 6 heteroatoms. The average Bonchev–Trinajstić information content (AvgIpc) is 2.84. The fraction of sp³-hybridized carbons (Fsp3) is 0.273. The van der Waals surface area contributed by atoms with Crippen molar-refractivity contribution in [3.8, 4) is 11.3 Å². The molecule has 2 rings (SSSR count). The van der Waals surface area contributed by atoms with E-state index >= 15 is 0 Å². The molecule has 0 spiro atoms. The predicted molar refractivity (Wildman–Crippen MR) is 68.5 cm³/mol. The molecule has 0 aliphatic carbocycles. The maximum absolute atomic E-state index is 11.3. The van der Waals surface area contributed by atoms with E-state index < -0.39 is 5.97 Å². The summed E-state index contributed by atoms with van der Waals surface area (Å²) < 4.78 is 6.05. The third-order valence-electron chi connectivity index (χ3n) is 2.29. The van der Waals surface area contributed by atoms with Gasteiger partial charge < -0.3 is 9.63 Å². The number of nitrogens with zero attached hydrogens (tertiary/aromatic N) is 1. The Labute approximate surface area is 110 Å². The van der Waals surface area contributed by atoms with Crippen LogP contribution >= 0.6 is 27.3 Å². The van der Waals surface area contributed by atoms with Gasteiger partial charge in [0.25, 0.3) is 0 Å². The molecular weight excluding hydrogens is 306 g/mol. The molecule has 90 valence electrons. The molecule has 0 saturated carbocycles. The van der Waals surface area contributed by atoms with Gasteiger partial charge in [-0.15, -0.1) is 11.3 Å². The van der Waals surface area contributed by atoms with E-state index in [-0.39, 0.29) is 5.56 Å². The zero-order chi connectivity index (χ0) is 12.4. The van der Waals surface area contributed by atoms with Crippen molar-refractivity contribution in [1.29, 1.82) is 0 Å². The second-order valence-electron chi connectivity index (χ2n) is 3.52. The number of rotatable bonds is 4. The van der Waals surface area contributed by atoms with Crippen LogP contribution < -0.4 is 0 Å². The summed E-state index contributed by atoms with van der Waals surface area (Å²) in [5, 5.41) is 14.9. The summed E-state index contributed by atoms with van der Waals surface area (Å²) in [4.78, 5) is 11.3. The first kappa shape index (κ1) is 12.3. The molecule has 4 nitrogen and oxygen atoms in total. The van der Waals surface area contributed by atoms with Crippen LogP contribution in [-0.2, 0) is 6.42 Å². The van der Waals surface area contributed by atoms with Gasteiger partial charge in [-0.2, -0.15) is 0 Å². The summed E-state index contributed by atoms with van der Waals surface area (Å²) in [6.45, 7) is 1.97. The van der Waals surface area contributed by atoms with Gasteiger partial charge in [-0.3, -0.25) is 0 Å². The summed E-state index contributed by atoms with van der Waals surface area (Å²) in [6, 6.07) is 1.84. The SMILES string of the molecule is CCCc1onc(-c2csc(Br)c2)c1C(=O)O. The quantitative estimate of drug-likeness (QED) is 0.931. The normalized spacial score (nSPS) is 10.7. The Hall–Kier alpha value is -1.14. The van der Waals surface area contributed by atoms with E-state index in [9.17, 15) is 9.90 Å². The molecule has 0 bridgehead atoms. The molecule has 2 aromatic rings. The lowest BCUT2D eigenvalue weighted by atomic mass is 10.1. The molecule has 0 aliphatic rings. The fourth-order valence-electron chi connectivity index (χ4n) is 1.57. The van der Waals surface area contributed by atoms with Crippen LogP contribution in [0.4, 0.5) is 0 Å². The Morgan fingerprint density at radius 3 is 2.94 bits per heavy atom. The van der Waals surface area contributed by atoms with E-state index in [2.05, 4.69) is 21.1 Å². The second kappa shape index (κ2) is 5.01. The number of aromatic nitrogens is 1. The van der Waals surface area contributed by atoms with Crippen LogP contribution in [0.25, 0.3) is 11.3 Å². The molecule has 0 unspecified atom stereocenters. The van der Waals surface area contributed by atoms with E-state index in [1.54, 1.807) is 0 Å². The van der Waals surface area contributed by atoms with Gasteiger partial charge in [-0.25, -0.2) is 4.79 Å². The lowest BCUT2D eigenvalue weighted by Crippen LogP contribution is -2.01. The lowest BCUT2D eigenvalue weighted by Gasteiger charge is -1.95. The number of halogens is 1. The Kier molecular flexibility index (Phi) is 3.63. The van der Waals surface area contributed by atoms with Gasteiger partial charge in [0, 0.05) is 17.4 Å². The zero-order valence-electron chi connectivity index (χ0n) is 9.07. The van der Waals surface area contributed by atoms with Gasteiger partial charge in [0.05, 0.1) is 3.79 Å². The van der Waals surface area contributed by atoms with Gasteiger partial charge in [0.1, 0.15) is 11.3 Å². The monoisotopic (exact) mass is 315 g/mol. The van der Waals surface area contributed by atoms with Gasteiger partial charge in [0.15, 0.2) is 5.76 Å². The Balaban J connectivity index is 2.50. The van der Waals surface area contributed by atoms with E-state index in [0.717, 1.165) is 15.8 Å². The number of aromatic carboxylic acids is 1. The highest BCUT2D eigenvalue weighted by molar-refractivity contribution is 9.11. The number of hydrogen-bond donors (Lipinski definition) is 1. The third-order valence-corrected chi connectivity index (χ3v) is 3.80. The highest BCUT2D eigenvalue weighted by Crippen LogP contribution is 2.32.